The van der Waals surface area contributed by atoms with Crippen molar-refractivity contribution in [3.05, 3.63) is 57.2 Å². The van der Waals surface area contributed by atoms with Crippen LogP contribution in [0.25, 0.3) is 0 Å². The predicted octanol–water partition coefficient (Wildman–Crippen LogP) is 3.62. The van der Waals surface area contributed by atoms with Gasteiger partial charge in [-0.3, -0.25) is 14.9 Å². The molecule has 0 aliphatic heterocycles. The number of aromatic nitrogens is 2. The molecule has 0 saturated heterocycles. The molecular formula is C16H18ClN3O4. The largest absolute Gasteiger partial charge is 0.480 e. The monoisotopic (exact) mass is 351 g/mol. The van der Waals surface area contributed by atoms with Gasteiger partial charge in [0, 0.05) is 24.5 Å². The van der Waals surface area contributed by atoms with Crippen molar-refractivity contribution in [2.45, 2.75) is 38.0 Å². The van der Waals surface area contributed by atoms with E-state index in [-0.39, 0.29) is 17.8 Å². The topological polar surface area (TPSA) is 109 Å². The van der Waals surface area contributed by atoms with E-state index in [9.17, 15) is 14.9 Å². The van der Waals surface area contributed by atoms with Crippen molar-refractivity contribution in [1.29, 1.82) is 0 Å². The van der Waals surface area contributed by atoms with Gasteiger partial charge < -0.3 is 10.1 Å². The molecule has 0 spiro atoms. The molecule has 2 aromatic rings. The number of carboxylic acid groups (broad SMARTS) is 1. The van der Waals surface area contributed by atoms with E-state index in [0.717, 1.165) is 12.8 Å². The van der Waals surface area contributed by atoms with Gasteiger partial charge in [0.15, 0.2) is 5.38 Å². The molecule has 0 radical (unpaired) electrons. The first-order valence-corrected chi connectivity index (χ1v) is 8.04. The fourth-order valence-electron chi connectivity index (χ4n) is 2.43. The second-order valence-corrected chi connectivity index (χ2v) is 5.85. The van der Waals surface area contributed by atoms with Gasteiger partial charge in [0.05, 0.1) is 16.3 Å². The molecule has 1 unspecified atom stereocenters. The van der Waals surface area contributed by atoms with Gasteiger partial charge in [0.2, 0.25) is 0 Å². The maximum absolute atomic E-state index is 11.2. The molecule has 0 amide bonds. The van der Waals surface area contributed by atoms with E-state index in [2.05, 4.69) is 9.97 Å². The Morgan fingerprint density at radius 1 is 1.46 bits per heavy atom. The van der Waals surface area contributed by atoms with Crippen LogP contribution >= 0.6 is 11.6 Å². The maximum Gasteiger partial charge on any atom is 0.327 e. The first-order valence-electron chi connectivity index (χ1n) is 7.60. The van der Waals surface area contributed by atoms with Crippen molar-refractivity contribution in [2.24, 2.45) is 0 Å². The lowest BCUT2D eigenvalue weighted by atomic mass is 10.1. The van der Waals surface area contributed by atoms with Crippen LogP contribution in [0.1, 0.15) is 47.9 Å². The number of para-hydroxylation sites is 1. The zero-order valence-corrected chi connectivity index (χ0v) is 13.9. The minimum atomic E-state index is -1.27. The zero-order valence-electron chi connectivity index (χ0n) is 13.2. The molecule has 2 N–H and O–H groups in total. The van der Waals surface area contributed by atoms with Gasteiger partial charge >= 0.3 is 5.97 Å². The Bertz CT molecular complexity index is 745. The normalized spacial score (nSPS) is 12.1. The summed E-state index contributed by atoms with van der Waals surface area (Å²) in [6.07, 6.45) is 2.69. The van der Waals surface area contributed by atoms with Crippen molar-refractivity contribution in [1.82, 2.24) is 9.97 Å². The van der Waals surface area contributed by atoms with E-state index in [1.165, 1.54) is 6.07 Å². The number of nitrogens with one attached hydrogen (secondary N) is 1. The van der Waals surface area contributed by atoms with Crippen LogP contribution in [0.2, 0.25) is 0 Å². The summed E-state index contributed by atoms with van der Waals surface area (Å²) in [6.45, 7) is 2.04. The molecule has 0 fully saturated rings. The van der Waals surface area contributed by atoms with E-state index >= 15 is 0 Å². The number of H-pyrrole nitrogens is 1. The van der Waals surface area contributed by atoms with Gasteiger partial charge in [0.25, 0.3) is 5.69 Å². The summed E-state index contributed by atoms with van der Waals surface area (Å²) < 4.78 is 0. The number of aromatic amines is 1. The molecule has 8 heteroatoms. The Morgan fingerprint density at radius 2 is 2.17 bits per heavy atom. The first kappa shape index (κ1) is 17.9. The highest BCUT2D eigenvalue weighted by Gasteiger charge is 2.25. The molecule has 0 bridgehead atoms. The number of aryl methyl sites for hydroxylation is 1. The molecule has 128 valence electrons. The molecule has 0 aliphatic rings. The summed E-state index contributed by atoms with van der Waals surface area (Å²) in [6, 6.07) is 6.32. The number of benzene rings is 1. The molecule has 1 heterocycles. The number of carbonyl (C=O) groups is 1. The Hall–Kier alpha value is -2.41. The van der Waals surface area contributed by atoms with Crippen molar-refractivity contribution >= 4 is 23.3 Å². The van der Waals surface area contributed by atoms with Crippen LogP contribution in [-0.4, -0.2) is 26.0 Å². The van der Waals surface area contributed by atoms with Crippen LogP contribution in [0.4, 0.5) is 5.69 Å². The summed E-state index contributed by atoms with van der Waals surface area (Å²) in [5, 5.41) is 19.0. The lowest BCUT2D eigenvalue weighted by molar-refractivity contribution is -0.385. The molecule has 1 atom stereocenters. The molecular weight excluding hydrogens is 334 g/mol. The zero-order chi connectivity index (χ0) is 17.7. The first-order chi connectivity index (χ1) is 11.4. The minimum absolute atomic E-state index is 0.0250. The molecule has 7 nitrogen and oxygen atoms in total. The number of unbranched alkanes of at least 4 members (excludes halogenated alkanes) is 1. The number of nitro benzene ring substituents is 1. The number of hydrogen-bond donors (Lipinski definition) is 2. The SMILES string of the molecule is CCCCc1nc(Cc2ccccc2[N+](=O)[O-])c(C(Cl)C(=O)O)[nH]1. The number of nitro groups is 1. The molecule has 1 aromatic carbocycles. The maximum atomic E-state index is 11.2. The predicted molar refractivity (Wildman–Crippen MR) is 89.3 cm³/mol. The van der Waals surface area contributed by atoms with Crippen LogP contribution in [0, 0.1) is 10.1 Å². The third kappa shape index (κ3) is 4.11. The number of hydrogen-bond acceptors (Lipinski definition) is 4. The summed E-state index contributed by atoms with van der Waals surface area (Å²) >= 11 is 5.96. The van der Waals surface area contributed by atoms with E-state index in [1.54, 1.807) is 18.2 Å². The van der Waals surface area contributed by atoms with Crippen LogP contribution in [0.5, 0.6) is 0 Å². The minimum Gasteiger partial charge on any atom is -0.480 e. The number of imidazole rings is 1. The highest BCUT2D eigenvalue weighted by atomic mass is 35.5. The Balaban J connectivity index is 2.39. The fraction of sp³-hybridized carbons (Fsp3) is 0.375. The van der Waals surface area contributed by atoms with Gasteiger partial charge in [-0.05, 0) is 6.42 Å². The summed E-state index contributed by atoms with van der Waals surface area (Å²) in [4.78, 5) is 29.3. The second-order valence-electron chi connectivity index (χ2n) is 5.41. The van der Waals surface area contributed by atoms with Gasteiger partial charge in [-0.15, -0.1) is 11.6 Å². The van der Waals surface area contributed by atoms with E-state index < -0.39 is 16.3 Å². The van der Waals surface area contributed by atoms with Crippen LogP contribution in [0.3, 0.4) is 0 Å². The molecule has 0 aliphatic carbocycles. The van der Waals surface area contributed by atoms with E-state index in [0.29, 0.717) is 23.5 Å². The van der Waals surface area contributed by atoms with Gasteiger partial charge in [-0.1, -0.05) is 31.5 Å². The average molecular weight is 352 g/mol. The van der Waals surface area contributed by atoms with E-state index in [4.69, 9.17) is 16.7 Å². The number of alkyl halides is 1. The number of halogens is 1. The lowest BCUT2D eigenvalue weighted by Crippen LogP contribution is -2.08. The average Bonchev–Trinajstić information content (AvgIpc) is 2.95. The summed E-state index contributed by atoms with van der Waals surface area (Å²) in [5.74, 6) is -0.543. The third-order valence-corrected chi connectivity index (χ3v) is 4.05. The van der Waals surface area contributed by atoms with Gasteiger partial charge in [-0.25, -0.2) is 4.98 Å². The quantitative estimate of drug-likeness (QED) is 0.429. The standard InChI is InChI=1S/C16H18ClN3O4/c1-2-3-8-13-18-11(15(19-13)14(17)16(21)22)9-10-6-4-5-7-12(10)20(23)24/h4-7,14H,2-3,8-9H2,1H3,(H,18,19)(H,21,22). The van der Waals surface area contributed by atoms with Crippen molar-refractivity contribution in [2.75, 3.05) is 0 Å². The molecule has 0 saturated carbocycles. The summed E-state index contributed by atoms with van der Waals surface area (Å²) in [7, 11) is 0. The molecule has 2 rings (SSSR count). The molecule has 1 aromatic heterocycles. The van der Waals surface area contributed by atoms with Crippen molar-refractivity contribution in [3.63, 3.8) is 0 Å². The number of nitrogens with zero attached hydrogens (tertiary/aromatic N) is 2. The Labute approximate surface area is 143 Å². The molecule has 24 heavy (non-hydrogen) atoms. The van der Waals surface area contributed by atoms with Crippen molar-refractivity contribution < 1.29 is 14.8 Å². The number of carboxylic acids is 1. The smallest absolute Gasteiger partial charge is 0.327 e. The fourth-order valence-corrected chi connectivity index (χ4v) is 2.61. The van der Waals surface area contributed by atoms with Crippen LogP contribution in [0.15, 0.2) is 24.3 Å². The van der Waals surface area contributed by atoms with Crippen molar-refractivity contribution in [3.8, 4) is 0 Å². The van der Waals surface area contributed by atoms with Crippen LogP contribution < -0.4 is 0 Å². The third-order valence-electron chi connectivity index (χ3n) is 3.64. The Kier molecular flexibility index (Phi) is 5.92. The van der Waals surface area contributed by atoms with E-state index in [1.807, 2.05) is 6.92 Å². The highest BCUT2D eigenvalue weighted by molar-refractivity contribution is 6.29. The van der Waals surface area contributed by atoms with Gasteiger partial charge in [0.1, 0.15) is 5.82 Å². The second kappa shape index (κ2) is 7.92. The lowest BCUT2D eigenvalue weighted by Gasteiger charge is -2.06. The number of aliphatic carboxylic acids is 1. The van der Waals surface area contributed by atoms with Gasteiger partial charge in [-0.2, -0.15) is 0 Å². The summed E-state index contributed by atoms with van der Waals surface area (Å²) in [5.41, 5.74) is 1.15. The highest BCUT2D eigenvalue weighted by Crippen LogP contribution is 2.27. The Morgan fingerprint density at radius 3 is 2.79 bits per heavy atom. The van der Waals surface area contributed by atoms with Crippen LogP contribution in [-0.2, 0) is 17.6 Å². The number of rotatable bonds is 8.